The zero-order valence-electron chi connectivity index (χ0n) is 14.8. The largest absolute Gasteiger partial charge is 0.494 e. The number of hydrogen-bond donors (Lipinski definition) is 1. The summed E-state index contributed by atoms with van der Waals surface area (Å²) in [6.07, 6.45) is 3.02. The van der Waals surface area contributed by atoms with Gasteiger partial charge in [0.25, 0.3) is 0 Å². The van der Waals surface area contributed by atoms with Crippen LogP contribution in [0, 0.1) is 0 Å². The number of nitrogens with zero attached hydrogens (tertiary/aromatic N) is 2. The van der Waals surface area contributed by atoms with Crippen LogP contribution in [0.1, 0.15) is 37.0 Å². The number of hydrogen-bond acceptors (Lipinski definition) is 4. The lowest BCUT2D eigenvalue weighted by Gasteiger charge is -2.23. The van der Waals surface area contributed by atoms with Crippen LogP contribution in [0.5, 0.6) is 5.75 Å². The van der Waals surface area contributed by atoms with E-state index in [0.29, 0.717) is 26.2 Å². The molecule has 24 heavy (non-hydrogen) atoms. The quantitative estimate of drug-likeness (QED) is 0.910. The Kier molecular flexibility index (Phi) is 5.41. The van der Waals surface area contributed by atoms with Gasteiger partial charge < -0.3 is 14.7 Å². The van der Waals surface area contributed by atoms with E-state index in [1.165, 1.54) is 23.1 Å². The van der Waals surface area contributed by atoms with Crippen molar-refractivity contribution in [1.82, 2.24) is 9.80 Å². The maximum atomic E-state index is 11.6. The van der Waals surface area contributed by atoms with Gasteiger partial charge in [-0.2, -0.15) is 0 Å². The Bertz CT molecular complexity index is 603. The molecule has 1 fully saturated rings. The summed E-state index contributed by atoms with van der Waals surface area (Å²) in [5.41, 5.74) is 4.05. The van der Waals surface area contributed by atoms with Crippen molar-refractivity contribution in [3.05, 3.63) is 28.8 Å². The van der Waals surface area contributed by atoms with Gasteiger partial charge in [0.05, 0.1) is 12.7 Å². The number of aliphatic hydroxyl groups is 1. The molecule has 5 nitrogen and oxygen atoms in total. The van der Waals surface area contributed by atoms with Crippen LogP contribution in [-0.2, 0) is 24.2 Å². The van der Waals surface area contributed by atoms with Crippen molar-refractivity contribution >= 4 is 5.91 Å². The van der Waals surface area contributed by atoms with E-state index in [-0.39, 0.29) is 5.91 Å². The van der Waals surface area contributed by atoms with Crippen molar-refractivity contribution in [2.75, 3.05) is 32.8 Å². The lowest BCUT2D eigenvalue weighted by atomic mass is 10.0. The molecule has 1 N–H and O–H groups in total. The second kappa shape index (κ2) is 7.53. The summed E-state index contributed by atoms with van der Waals surface area (Å²) in [6, 6.07) is 4.49. The van der Waals surface area contributed by atoms with Gasteiger partial charge in [0.15, 0.2) is 0 Å². The van der Waals surface area contributed by atoms with Crippen molar-refractivity contribution in [3.63, 3.8) is 0 Å². The van der Waals surface area contributed by atoms with E-state index in [2.05, 4.69) is 17.0 Å². The fourth-order valence-electron chi connectivity index (χ4n) is 3.79. The Morgan fingerprint density at radius 3 is 2.71 bits per heavy atom. The van der Waals surface area contributed by atoms with Gasteiger partial charge in [0.2, 0.25) is 5.91 Å². The monoisotopic (exact) mass is 332 g/mol. The summed E-state index contributed by atoms with van der Waals surface area (Å²) >= 11 is 0. The molecule has 1 aromatic carbocycles. The number of β-amino-alcohol motifs (C(OH)–C–C–N with tert-alkyl or cyclic N) is 1. The van der Waals surface area contributed by atoms with E-state index in [9.17, 15) is 9.90 Å². The third-order valence-electron chi connectivity index (χ3n) is 5.00. The molecule has 1 aliphatic carbocycles. The summed E-state index contributed by atoms with van der Waals surface area (Å²) in [7, 11) is 0. The van der Waals surface area contributed by atoms with Gasteiger partial charge >= 0.3 is 0 Å². The van der Waals surface area contributed by atoms with Crippen molar-refractivity contribution in [1.29, 1.82) is 0 Å². The third-order valence-corrected chi connectivity index (χ3v) is 5.00. The van der Waals surface area contributed by atoms with Crippen molar-refractivity contribution in [3.8, 4) is 5.75 Å². The number of carbonyl (C=O) groups is 1. The molecule has 132 valence electrons. The lowest BCUT2D eigenvalue weighted by Crippen LogP contribution is -2.36. The second-order valence-electron chi connectivity index (χ2n) is 6.87. The second-order valence-corrected chi connectivity index (χ2v) is 6.87. The highest BCUT2D eigenvalue weighted by molar-refractivity contribution is 5.73. The highest BCUT2D eigenvalue weighted by atomic mass is 16.5. The molecule has 3 rings (SSSR count). The number of ether oxygens (including phenoxy) is 1. The highest BCUT2D eigenvalue weighted by Gasteiger charge is 2.24. The smallest absolute Gasteiger partial charge is 0.219 e. The normalized spacial score (nSPS) is 21.5. The number of benzene rings is 1. The number of fused-ring (bicyclic) bond motifs is 1. The van der Waals surface area contributed by atoms with Crippen LogP contribution in [0.4, 0.5) is 0 Å². The summed E-state index contributed by atoms with van der Waals surface area (Å²) in [4.78, 5) is 15.6. The van der Waals surface area contributed by atoms with Crippen LogP contribution < -0.4 is 4.74 Å². The molecule has 1 aromatic rings. The molecule has 0 aromatic heterocycles. The summed E-state index contributed by atoms with van der Waals surface area (Å²) < 4.78 is 5.87. The average Bonchev–Trinajstić information content (AvgIpc) is 2.89. The van der Waals surface area contributed by atoms with Gasteiger partial charge in [-0.15, -0.1) is 0 Å². The predicted molar refractivity (Wildman–Crippen MR) is 93.2 cm³/mol. The zero-order valence-corrected chi connectivity index (χ0v) is 14.8. The van der Waals surface area contributed by atoms with Crippen LogP contribution in [-0.4, -0.2) is 59.7 Å². The Morgan fingerprint density at radius 1 is 1.25 bits per heavy atom. The minimum atomic E-state index is -0.499. The van der Waals surface area contributed by atoms with Crippen LogP contribution in [0.3, 0.4) is 0 Å². The summed E-state index contributed by atoms with van der Waals surface area (Å²) in [5.74, 6) is 1.00. The van der Waals surface area contributed by atoms with Gasteiger partial charge in [-0.1, -0.05) is 6.07 Å². The topological polar surface area (TPSA) is 53.0 Å². The molecule has 0 bridgehead atoms. The first-order chi connectivity index (χ1) is 11.6. The Hall–Kier alpha value is -1.59. The highest BCUT2D eigenvalue weighted by Crippen LogP contribution is 2.31. The SMILES string of the molecule is CCOc1cc2c(cc1CN1CCN(C(C)=O)C[C@@H](O)C1)CCC2. The van der Waals surface area contributed by atoms with Gasteiger partial charge in [0.1, 0.15) is 5.75 Å². The molecule has 0 saturated carbocycles. The average molecular weight is 332 g/mol. The molecule has 5 heteroatoms. The van der Waals surface area contributed by atoms with Crippen molar-refractivity contribution in [2.24, 2.45) is 0 Å². The summed E-state index contributed by atoms with van der Waals surface area (Å²) in [6.45, 7) is 7.45. The van der Waals surface area contributed by atoms with Gasteiger partial charge in [-0.05, 0) is 43.4 Å². The third kappa shape index (κ3) is 3.90. The lowest BCUT2D eigenvalue weighted by molar-refractivity contribution is -0.129. The van der Waals surface area contributed by atoms with E-state index in [4.69, 9.17) is 4.74 Å². The molecule has 2 aliphatic rings. The number of rotatable bonds is 4. The van der Waals surface area contributed by atoms with Crippen LogP contribution in [0.2, 0.25) is 0 Å². The first-order valence-electron chi connectivity index (χ1n) is 9.00. The number of amides is 1. The molecule has 1 atom stereocenters. The maximum Gasteiger partial charge on any atom is 0.219 e. The number of aliphatic hydroxyl groups excluding tert-OH is 1. The molecule has 0 radical (unpaired) electrons. The van der Waals surface area contributed by atoms with Crippen molar-refractivity contribution in [2.45, 2.75) is 45.8 Å². The Morgan fingerprint density at radius 2 is 2.00 bits per heavy atom. The van der Waals surface area contributed by atoms with E-state index in [1.54, 1.807) is 11.8 Å². The minimum Gasteiger partial charge on any atom is -0.494 e. The fourth-order valence-corrected chi connectivity index (χ4v) is 3.79. The van der Waals surface area contributed by atoms with Crippen LogP contribution in [0.25, 0.3) is 0 Å². The van der Waals surface area contributed by atoms with Gasteiger partial charge in [0, 0.05) is 45.2 Å². The summed E-state index contributed by atoms with van der Waals surface area (Å²) in [5, 5.41) is 10.2. The first-order valence-corrected chi connectivity index (χ1v) is 9.00. The molecule has 0 spiro atoms. The maximum absolute atomic E-state index is 11.6. The van der Waals surface area contributed by atoms with Gasteiger partial charge in [-0.25, -0.2) is 0 Å². The van der Waals surface area contributed by atoms with Crippen LogP contribution >= 0.6 is 0 Å². The molecule has 1 heterocycles. The molecular formula is C19H28N2O3. The number of aryl methyl sites for hydroxylation is 2. The standard InChI is InChI=1S/C19H28N2O3/c1-3-24-19-10-16-6-4-5-15(16)9-17(19)11-20-7-8-21(14(2)22)13-18(23)12-20/h9-10,18,23H,3-8,11-13H2,1-2H3/t18-/m0/s1. The van der Waals surface area contributed by atoms with E-state index in [0.717, 1.165) is 31.7 Å². The van der Waals surface area contributed by atoms with Gasteiger partial charge in [-0.3, -0.25) is 9.69 Å². The van der Waals surface area contributed by atoms with Crippen molar-refractivity contribution < 1.29 is 14.6 Å². The molecule has 0 unspecified atom stereocenters. The molecule has 1 saturated heterocycles. The zero-order chi connectivity index (χ0) is 17.1. The van der Waals surface area contributed by atoms with E-state index >= 15 is 0 Å². The first kappa shape index (κ1) is 17.2. The molecule has 1 aliphatic heterocycles. The Balaban J connectivity index is 1.76. The minimum absolute atomic E-state index is 0.0310. The molecular weight excluding hydrogens is 304 g/mol. The molecule has 1 amide bonds. The fraction of sp³-hybridized carbons (Fsp3) is 0.632. The number of carbonyl (C=O) groups excluding carboxylic acids is 1. The predicted octanol–water partition coefficient (Wildman–Crippen LogP) is 1.60. The Labute approximate surface area is 144 Å². The van der Waals surface area contributed by atoms with E-state index in [1.807, 2.05) is 6.92 Å². The van der Waals surface area contributed by atoms with E-state index < -0.39 is 6.10 Å². The van der Waals surface area contributed by atoms with Crippen LogP contribution in [0.15, 0.2) is 12.1 Å².